The zero-order valence-corrected chi connectivity index (χ0v) is 12.1. The molecule has 0 radical (unpaired) electrons. The van der Waals surface area contributed by atoms with Crippen molar-refractivity contribution >= 4 is 11.6 Å². The molecule has 0 aliphatic carbocycles. The molecule has 122 valence electrons. The van der Waals surface area contributed by atoms with Gasteiger partial charge < -0.3 is 10.1 Å². The zero-order valence-electron chi connectivity index (χ0n) is 12.1. The van der Waals surface area contributed by atoms with E-state index in [2.05, 4.69) is 5.32 Å². The van der Waals surface area contributed by atoms with Gasteiger partial charge in [0.05, 0.1) is 11.3 Å². The number of nitrogens with one attached hydrogen (secondary N) is 1. The summed E-state index contributed by atoms with van der Waals surface area (Å²) in [6.07, 6.45) is -4.49. The predicted octanol–water partition coefficient (Wildman–Crippen LogP) is 4.17. The first-order chi connectivity index (χ1) is 10.8. The lowest BCUT2D eigenvalue weighted by Crippen LogP contribution is -2.21. The molecule has 23 heavy (non-hydrogen) atoms. The largest absolute Gasteiger partial charge is 0.484 e. The van der Waals surface area contributed by atoms with Gasteiger partial charge in [0.15, 0.2) is 6.61 Å². The van der Waals surface area contributed by atoms with Crippen molar-refractivity contribution in [1.82, 2.24) is 0 Å². The topological polar surface area (TPSA) is 38.3 Å². The van der Waals surface area contributed by atoms with E-state index in [1.165, 1.54) is 24.3 Å². The normalized spacial score (nSPS) is 11.2. The summed E-state index contributed by atoms with van der Waals surface area (Å²) in [6.45, 7) is 1.17. The molecule has 0 saturated carbocycles. The number of alkyl halides is 3. The number of hydrogen-bond acceptors (Lipinski definition) is 2. The van der Waals surface area contributed by atoms with Crippen LogP contribution < -0.4 is 10.1 Å². The minimum Gasteiger partial charge on any atom is -0.484 e. The summed E-state index contributed by atoms with van der Waals surface area (Å²) in [6, 6.07) is 8.43. The number of anilines is 1. The molecule has 7 heteroatoms. The van der Waals surface area contributed by atoms with Crippen LogP contribution in [0.25, 0.3) is 0 Å². The second-order valence-electron chi connectivity index (χ2n) is 4.85. The molecule has 1 N–H and O–H groups in total. The van der Waals surface area contributed by atoms with E-state index in [0.717, 1.165) is 12.1 Å². The summed E-state index contributed by atoms with van der Waals surface area (Å²) in [5.74, 6) is -1.37. The Kier molecular flexibility index (Phi) is 4.88. The summed E-state index contributed by atoms with van der Waals surface area (Å²) in [7, 11) is 0. The number of carbonyl (C=O) groups is 1. The van der Waals surface area contributed by atoms with Gasteiger partial charge in [-0.25, -0.2) is 4.39 Å². The van der Waals surface area contributed by atoms with Crippen LogP contribution >= 0.6 is 0 Å². The Morgan fingerprint density at radius 2 is 1.91 bits per heavy atom. The summed E-state index contributed by atoms with van der Waals surface area (Å²) < 4.78 is 56.2. The zero-order chi connectivity index (χ0) is 17.0. The average molecular weight is 327 g/mol. The van der Waals surface area contributed by atoms with E-state index in [0.29, 0.717) is 5.56 Å². The molecule has 0 bridgehead atoms. The quantitative estimate of drug-likeness (QED) is 0.856. The van der Waals surface area contributed by atoms with Crippen molar-refractivity contribution in [3.05, 3.63) is 59.4 Å². The number of ether oxygens (including phenoxy) is 1. The fourth-order valence-electron chi connectivity index (χ4n) is 1.82. The fraction of sp³-hybridized carbons (Fsp3) is 0.188. The fourth-order valence-corrected chi connectivity index (χ4v) is 1.82. The van der Waals surface area contributed by atoms with Gasteiger partial charge in [-0.05, 0) is 42.8 Å². The van der Waals surface area contributed by atoms with Crippen LogP contribution in [-0.4, -0.2) is 12.5 Å². The molecule has 0 aliphatic heterocycles. The maximum absolute atomic E-state index is 13.6. The van der Waals surface area contributed by atoms with Crippen LogP contribution in [0.2, 0.25) is 0 Å². The molecule has 0 fully saturated rings. The molecule has 0 aromatic heterocycles. The van der Waals surface area contributed by atoms with E-state index in [-0.39, 0.29) is 11.4 Å². The van der Waals surface area contributed by atoms with Gasteiger partial charge in [-0.3, -0.25) is 4.79 Å². The summed E-state index contributed by atoms with van der Waals surface area (Å²) in [5.41, 5.74) is -0.200. The Morgan fingerprint density at radius 3 is 2.57 bits per heavy atom. The third-order valence-electron chi connectivity index (χ3n) is 2.93. The maximum atomic E-state index is 13.6. The van der Waals surface area contributed by atoms with Crippen molar-refractivity contribution in [2.45, 2.75) is 13.1 Å². The minimum absolute atomic E-state index is 0.0201. The average Bonchev–Trinajstić information content (AvgIpc) is 2.47. The Labute approximate surface area is 129 Å². The standard InChI is InChI=1S/C16H13F4NO2/c1-10-5-6-14(13(17)7-10)21-15(22)9-23-12-4-2-3-11(8-12)16(18,19)20/h2-8H,9H2,1H3,(H,21,22). The monoisotopic (exact) mass is 327 g/mol. The van der Waals surface area contributed by atoms with Gasteiger partial charge >= 0.3 is 6.18 Å². The number of amides is 1. The van der Waals surface area contributed by atoms with Gasteiger partial charge in [-0.1, -0.05) is 12.1 Å². The molecule has 0 aliphatic rings. The number of hydrogen-bond donors (Lipinski definition) is 1. The molecular weight excluding hydrogens is 314 g/mol. The van der Waals surface area contributed by atoms with Crippen molar-refractivity contribution in [2.75, 3.05) is 11.9 Å². The highest BCUT2D eigenvalue weighted by molar-refractivity contribution is 5.92. The third-order valence-corrected chi connectivity index (χ3v) is 2.93. The van der Waals surface area contributed by atoms with Crippen LogP contribution in [0.5, 0.6) is 5.75 Å². The van der Waals surface area contributed by atoms with Crippen LogP contribution in [0.1, 0.15) is 11.1 Å². The van der Waals surface area contributed by atoms with E-state index in [1.807, 2.05) is 0 Å². The maximum Gasteiger partial charge on any atom is 0.416 e. The molecule has 0 unspecified atom stereocenters. The van der Waals surface area contributed by atoms with Gasteiger partial charge in [-0.2, -0.15) is 13.2 Å². The molecule has 3 nitrogen and oxygen atoms in total. The summed E-state index contributed by atoms with van der Waals surface area (Å²) in [5, 5.41) is 2.29. The number of aryl methyl sites for hydroxylation is 1. The number of carbonyl (C=O) groups excluding carboxylic acids is 1. The van der Waals surface area contributed by atoms with Crippen LogP contribution in [-0.2, 0) is 11.0 Å². The highest BCUT2D eigenvalue weighted by Crippen LogP contribution is 2.31. The van der Waals surface area contributed by atoms with Crippen molar-refractivity contribution in [2.24, 2.45) is 0 Å². The van der Waals surface area contributed by atoms with E-state index in [9.17, 15) is 22.4 Å². The van der Waals surface area contributed by atoms with Gasteiger partial charge in [0.2, 0.25) is 0 Å². The van der Waals surface area contributed by atoms with Gasteiger partial charge in [-0.15, -0.1) is 0 Å². The molecule has 0 spiro atoms. The van der Waals surface area contributed by atoms with E-state index in [1.54, 1.807) is 13.0 Å². The Balaban J connectivity index is 1.97. The van der Waals surface area contributed by atoms with Gasteiger partial charge in [0.25, 0.3) is 5.91 Å². The van der Waals surface area contributed by atoms with Crippen LogP contribution in [0.15, 0.2) is 42.5 Å². The second-order valence-corrected chi connectivity index (χ2v) is 4.85. The third kappa shape index (κ3) is 4.70. The molecule has 0 heterocycles. The van der Waals surface area contributed by atoms with Gasteiger partial charge in [0, 0.05) is 0 Å². The van der Waals surface area contributed by atoms with E-state index >= 15 is 0 Å². The SMILES string of the molecule is Cc1ccc(NC(=O)COc2cccc(C(F)(F)F)c2)c(F)c1. The summed E-state index contributed by atoms with van der Waals surface area (Å²) in [4.78, 5) is 11.7. The number of rotatable bonds is 4. The molecule has 0 atom stereocenters. The van der Waals surface area contributed by atoms with E-state index < -0.39 is 30.1 Å². The lowest BCUT2D eigenvalue weighted by molar-refractivity contribution is -0.137. The molecule has 2 aromatic carbocycles. The van der Waals surface area contributed by atoms with Crippen molar-refractivity contribution < 1.29 is 27.1 Å². The van der Waals surface area contributed by atoms with Crippen molar-refractivity contribution in [3.63, 3.8) is 0 Å². The predicted molar refractivity (Wildman–Crippen MR) is 76.7 cm³/mol. The Morgan fingerprint density at radius 1 is 1.17 bits per heavy atom. The van der Waals surface area contributed by atoms with Crippen molar-refractivity contribution in [1.29, 1.82) is 0 Å². The molecule has 2 rings (SSSR count). The van der Waals surface area contributed by atoms with E-state index in [4.69, 9.17) is 4.74 Å². The van der Waals surface area contributed by atoms with Crippen LogP contribution in [0.4, 0.5) is 23.2 Å². The van der Waals surface area contributed by atoms with Gasteiger partial charge in [0.1, 0.15) is 11.6 Å². The summed E-state index contributed by atoms with van der Waals surface area (Å²) >= 11 is 0. The second kappa shape index (κ2) is 6.68. The Hall–Kier alpha value is -2.57. The molecular formula is C16H13F4NO2. The smallest absolute Gasteiger partial charge is 0.416 e. The first kappa shape index (κ1) is 16.8. The lowest BCUT2D eigenvalue weighted by Gasteiger charge is -2.11. The van der Waals surface area contributed by atoms with Crippen LogP contribution in [0.3, 0.4) is 0 Å². The molecule has 0 saturated heterocycles. The molecule has 1 amide bonds. The molecule has 2 aromatic rings. The minimum atomic E-state index is -4.49. The van der Waals surface area contributed by atoms with Crippen molar-refractivity contribution in [3.8, 4) is 5.75 Å². The highest BCUT2D eigenvalue weighted by Gasteiger charge is 2.30. The lowest BCUT2D eigenvalue weighted by atomic mass is 10.2. The highest BCUT2D eigenvalue weighted by atomic mass is 19.4. The number of benzene rings is 2. The first-order valence-electron chi connectivity index (χ1n) is 6.62. The number of halogens is 4. The van der Waals surface area contributed by atoms with Crippen LogP contribution in [0, 0.1) is 12.7 Å². The Bertz CT molecular complexity index is 713. The first-order valence-corrected chi connectivity index (χ1v) is 6.62.